The zero-order valence-electron chi connectivity index (χ0n) is 18.9. The number of piperazine rings is 1. The van der Waals surface area contributed by atoms with Crippen LogP contribution in [0.5, 0.6) is 5.75 Å². The number of benzene rings is 1. The number of methoxy groups -OCH3 is 1. The second kappa shape index (κ2) is 9.50. The molecule has 0 spiro atoms. The van der Waals surface area contributed by atoms with Gasteiger partial charge in [-0.15, -0.1) is 11.3 Å². The van der Waals surface area contributed by atoms with Crippen LogP contribution in [0.1, 0.15) is 18.7 Å². The summed E-state index contributed by atoms with van der Waals surface area (Å²) in [6.07, 6.45) is 0. The Balaban J connectivity index is 1.63. The van der Waals surface area contributed by atoms with E-state index >= 15 is 0 Å². The van der Waals surface area contributed by atoms with Crippen molar-refractivity contribution < 1.29 is 13.2 Å². The summed E-state index contributed by atoms with van der Waals surface area (Å²) in [5.41, 5.74) is 0.872. The second-order valence-corrected chi connectivity index (χ2v) is 11.6. The highest BCUT2D eigenvalue weighted by atomic mass is 35.5. The first kappa shape index (κ1) is 23.8. The number of pyridine rings is 1. The molecule has 2 atom stereocenters. The smallest absolute Gasteiger partial charge is 0.264 e. The molecule has 1 aromatic carbocycles. The number of hydrogen-bond donors (Lipinski definition) is 2. The number of halogens is 1. The predicted octanol–water partition coefficient (Wildman–Crippen LogP) is 4.77. The lowest BCUT2D eigenvalue weighted by atomic mass is 10.1. The first-order chi connectivity index (χ1) is 15.7. The molecule has 176 valence electrons. The molecular formula is C23H27ClN4O3S2. The summed E-state index contributed by atoms with van der Waals surface area (Å²) < 4.78 is 34.4. The molecule has 0 radical (unpaired) electrons. The van der Waals surface area contributed by atoms with E-state index < -0.39 is 10.0 Å². The number of nitrogens with one attached hydrogen (secondary N) is 2. The number of aryl methyl sites for hydroxylation is 1. The third-order valence-corrected chi connectivity index (χ3v) is 8.29. The molecule has 1 aliphatic rings. The highest BCUT2D eigenvalue weighted by Crippen LogP contribution is 2.34. The van der Waals surface area contributed by atoms with E-state index in [1.807, 2.05) is 25.1 Å². The van der Waals surface area contributed by atoms with Crippen LogP contribution >= 0.6 is 22.9 Å². The molecule has 0 unspecified atom stereocenters. The van der Waals surface area contributed by atoms with E-state index in [2.05, 4.69) is 33.8 Å². The van der Waals surface area contributed by atoms with Crippen molar-refractivity contribution in [2.75, 3.05) is 29.8 Å². The zero-order chi connectivity index (χ0) is 23.8. The molecule has 1 aliphatic heterocycles. The van der Waals surface area contributed by atoms with Crippen molar-refractivity contribution in [2.45, 2.75) is 37.8 Å². The Morgan fingerprint density at radius 2 is 1.88 bits per heavy atom. The van der Waals surface area contributed by atoms with Crippen molar-refractivity contribution in [3.05, 3.63) is 52.4 Å². The van der Waals surface area contributed by atoms with Gasteiger partial charge in [0.05, 0.1) is 12.1 Å². The lowest BCUT2D eigenvalue weighted by molar-refractivity contribution is 0.403. The molecule has 2 aromatic heterocycles. The van der Waals surface area contributed by atoms with E-state index in [1.54, 1.807) is 29.5 Å². The van der Waals surface area contributed by atoms with Crippen LogP contribution in [0.25, 0.3) is 10.4 Å². The molecule has 7 nitrogen and oxygen atoms in total. The highest BCUT2D eigenvalue weighted by molar-refractivity contribution is 7.92. The quantitative estimate of drug-likeness (QED) is 0.501. The molecule has 1 fully saturated rings. The Morgan fingerprint density at radius 3 is 2.48 bits per heavy atom. The number of rotatable bonds is 6. The van der Waals surface area contributed by atoms with Crippen molar-refractivity contribution in [3.63, 3.8) is 0 Å². The highest BCUT2D eigenvalue weighted by Gasteiger charge is 2.25. The van der Waals surface area contributed by atoms with Gasteiger partial charge in [-0.25, -0.2) is 13.4 Å². The van der Waals surface area contributed by atoms with E-state index in [1.165, 1.54) is 18.1 Å². The van der Waals surface area contributed by atoms with Crippen LogP contribution in [0.15, 0.2) is 47.4 Å². The van der Waals surface area contributed by atoms with E-state index in [-0.39, 0.29) is 15.7 Å². The Hall–Kier alpha value is -2.33. The fourth-order valence-electron chi connectivity index (χ4n) is 4.01. The molecule has 0 bridgehead atoms. The van der Waals surface area contributed by atoms with Crippen LogP contribution in [-0.2, 0) is 10.0 Å². The Bertz CT molecular complexity index is 1250. The average molecular weight is 507 g/mol. The lowest BCUT2D eigenvalue weighted by Gasteiger charge is -2.37. The largest absolute Gasteiger partial charge is 0.493 e. The Morgan fingerprint density at radius 1 is 1.15 bits per heavy atom. The van der Waals surface area contributed by atoms with Crippen LogP contribution in [-0.4, -0.2) is 45.7 Å². The predicted molar refractivity (Wildman–Crippen MR) is 135 cm³/mol. The Labute approximate surface area is 203 Å². The molecule has 4 rings (SSSR count). The average Bonchev–Trinajstić information content (AvgIpc) is 3.19. The first-order valence-corrected chi connectivity index (χ1v) is 13.3. The Kier molecular flexibility index (Phi) is 6.86. The maximum absolute atomic E-state index is 13.2. The SMILES string of the molecule is COc1ccc(N2C[C@@H](C)N[C@@H](C)C2)nc1NS(=O)(=O)c1ccc(-c2ccc(C)s2)cc1Cl. The molecule has 10 heteroatoms. The van der Waals surface area contributed by atoms with Crippen molar-refractivity contribution in [3.8, 4) is 16.2 Å². The molecule has 1 saturated heterocycles. The van der Waals surface area contributed by atoms with Crippen LogP contribution in [0, 0.1) is 6.92 Å². The van der Waals surface area contributed by atoms with E-state index in [0.717, 1.165) is 23.5 Å². The van der Waals surface area contributed by atoms with Gasteiger partial charge in [0.25, 0.3) is 10.0 Å². The van der Waals surface area contributed by atoms with Gasteiger partial charge in [-0.1, -0.05) is 17.7 Å². The normalized spacial score (nSPS) is 18.9. The van der Waals surface area contributed by atoms with E-state index in [4.69, 9.17) is 16.3 Å². The van der Waals surface area contributed by atoms with Gasteiger partial charge < -0.3 is 15.0 Å². The summed E-state index contributed by atoms with van der Waals surface area (Å²) in [5, 5.41) is 3.62. The minimum absolute atomic E-state index is 0.0140. The summed E-state index contributed by atoms with van der Waals surface area (Å²) >= 11 is 8.04. The minimum atomic E-state index is -3.99. The van der Waals surface area contributed by atoms with Crippen LogP contribution < -0.4 is 19.7 Å². The number of nitrogens with zero attached hydrogens (tertiary/aromatic N) is 2. The number of ether oxygens (including phenoxy) is 1. The van der Waals surface area contributed by atoms with Crippen LogP contribution in [0.4, 0.5) is 11.6 Å². The number of aromatic nitrogens is 1. The zero-order valence-corrected chi connectivity index (χ0v) is 21.3. The summed E-state index contributed by atoms with van der Waals surface area (Å²) in [5.74, 6) is 1.14. The van der Waals surface area contributed by atoms with E-state index in [0.29, 0.717) is 23.7 Å². The van der Waals surface area contributed by atoms with Gasteiger partial charge in [-0.05, 0) is 62.7 Å². The molecule has 0 amide bonds. The van der Waals surface area contributed by atoms with Gasteiger partial charge in [0.2, 0.25) is 0 Å². The molecule has 33 heavy (non-hydrogen) atoms. The number of sulfonamides is 1. The van der Waals surface area contributed by atoms with Gasteiger partial charge in [0.15, 0.2) is 11.6 Å². The third kappa shape index (κ3) is 5.27. The summed E-state index contributed by atoms with van der Waals surface area (Å²) in [7, 11) is -2.51. The maximum atomic E-state index is 13.2. The van der Waals surface area contributed by atoms with Crippen molar-refractivity contribution in [1.82, 2.24) is 10.3 Å². The number of anilines is 2. The minimum Gasteiger partial charge on any atom is -0.493 e. The summed E-state index contributed by atoms with van der Waals surface area (Å²) in [6.45, 7) is 7.78. The molecule has 2 N–H and O–H groups in total. The molecule has 3 heterocycles. The van der Waals surface area contributed by atoms with Gasteiger partial charge in [-0.2, -0.15) is 0 Å². The second-order valence-electron chi connectivity index (χ2n) is 8.26. The van der Waals surface area contributed by atoms with Crippen molar-refractivity contribution >= 4 is 44.6 Å². The van der Waals surface area contributed by atoms with Crippen LogP contribution in [0.3, 0.4) is 0 Å². The first-order valence-electron chi connectivity index (χ1n) is 10.6. The lowest BCUT2D eigenvalue weighted by Crippen LogP contribution is -2.54. The van der Waals surface area contributed by atoms with Gasteiger partial charge in [-0.3, -0.25) is 4.72 Å². The number of hydrogen-bond acceptors (Lipinski definition) is 7. The molecular weight excluding hydrogens is 480 g/mol. The van der Waals surface area contributed by atoms with Gasteiger partial charge in [0, 0.05) is 34.9 Å². The maximum Gasteiger partial charge on any atom is 0.264 e. The summed E-state index contributed by atoms with van der Waals surface area (Å²) in [6, 6.07) is 13.1. The third-order valence-electron chi connectivity index (χ3n) is 5.42. The van der Waals surface area contributed by atoms with Gasteiger partial charge in [0.1, 0.15) is 10.7 Å². The topological polar surface area (TPSA) is 83.6 Å². The van der Waals surface area contributed by atoms with Gasteiger partial charge >= 0.3 is 0 Å². The monoisotopic (exact) mass is 506 g/mol. The fourth-order valence-corrected chi connectivity index (χ4v) is 6.43. The van der Waals surface area contributed by atoms with Crippen molar-refractivity contribution in [2.24, 2.45) is 0 Å². The molecule has 3 aromatic rings. The number of thiophene rings is 1. The van der Waals surface area contributed by atoms with Crippen molar-refractivity contribution in [1.29, 1.82) is 0 Å². The molecule has 0 saturated carbocycles. The van der Waals surface area contributed by atoms with E-state index in [9.17, 15) is 8.42 Å². The molecule has 0 aliphatic carbocycles. The fraction of sp³-hybridized carbons (Fsp3) is 0.348. The van der Waals surface area contributed by atoms with Crippen LogP contribution in [0.2, 0.25) is 5.02 Å². The summed E-state index contributed by atoms with van der Waals surface area (Å²) in [4.78, 5) is 8.91. The standard InChI is InChI=1S/C23H27ClN4O3S2/c1-14-12-28(13-15(2)25-14)22-10-7-19(31-4)23(26-22)27-33(29,30)21-9-6-17(11-18(21)24)20-8-5-16(3)32-20/h5-11,14-15,25H,12-13H2,1-4H3,(H,26,27)/t14-,15+.